The molecular weight excluding hydrogens is 268 g/mol. The van der Waals surface area contributed by atoms with Crippen molar-refractivity contribution in [1.82, 2.24) is 9.97 Å². The van der Waals surface area contributed by atoms with Gasteiger partial charge in [0.1, 0.15) is 17.5 Å². The number of hydrogen-bond donors (Lipinski definition) is 3. The number of aromatic nitrogens is 2. The Balaban J connectivity index is 2.22. The van der Waals surface area contributed by atoms with Gasteiger partial charge in [-0.2, -0.15) is 0 Å². The van der Waals surface area contributed by atoms with Crippen LogP contribution in [0.3, 0.4) is 0 Å². The summed E-state index contributed by atoms with van der Waals surface area (Å²) >= 11 is 0. The molecule has 1 saturated heterocycles. The summed E-state index contributed by atoms with van der Waals surface area (Å²) in [6.45, 7) is 5.61. The number of nitrogens with two attached hydrogens (primary N) is 2. The number of anilines is 2. The number of primary amides is 1. The lowest BCUT2D eigenvalue weighted by Gasteiger charge is -2.32. The van der Waals surface area contributed by atoms with Gasteiger partial charge in [-0.05, 0) is 26.2 Å². The van der Waals surface area contributed by atoms with Crippen LogP contribution < -0.4 is 21.9 Å². The molecule has 1 aliphatic heterocycles. The second-order valence-corrected chi connectivity index (χ2v) is 5.50. The van der Waals surface area contributed by atoms with E-state index in [0.29, 0.717) is 5.82 Å². The van der Waals surface area contributed by atoms with E-state index in [1.165, 1.54) is 0 Å². The third kappa shape index (κ3) is 3.41. The molecule has 2 rings (SSSR count). The first kappa shape index (κ1) is 15.5. The smallest absolute Gasteiger partial charge is 0.220 e. The molecule has 0 aromatic carbocycles. The van der Waals surface area contributed by atoms with Crippen molar-refractivity contribution in [3.05, 3.63) is 11.4 Å². The Bertz CT molecular complexity index is 510. The van der Waals surface area contributed by atoms with E-state index in [4.69, 9.17) is 11.6 Å². The Morgan fingerprint density at radius 3 is 2.57 bits per heavy atom. The number of rotatable bonds is 5. The second kappa shape index (κ2) is 6.71. The Morgan fingerprint density at radius 1 is 1.38 bits per heavy atom. The number of carbonyl (C=O) groups excluding carboxylic acids is 1. The summed E-state index contributed by atoms with van der Waals surface area (Å²) in [4.78, 5) is 22.5. The van der Waals surface area contributed by atoms with Gasteiger partial charge in [0.05, 0.1) is 0 Å². The number of amides is 1. The highest BCUT2D eigenvalue weighted by molar-refractivity contribution is 5.77. The predicted octanol–water partition coefficient (Wildman–Crippen LogP) is 0.725. The van der Waals surface area contributed by atoms with Crippen LogP contribution in [0.15, 0.2) is 0 Å². The van der Waals surface area contributed by atoms with Crippen LogP contribution in [0.4, 0.5) is 11.6 Å². The molecule has 21 heavy (non-hydrogen) atoms. The summed E-state index contributed by atoms with van der Waals surface area (Å²) < 4.78 is 0. The number of piperidine rings is 1. The van der Waals surface area contributed by atoms with E-state index in [1.54, 1.807) is 0 Å². The summed E-state index contributed by atoms with van der Waals surface area (Å²) in [7, 11) is 0. The van der Waals surface area contributed by atoms with E-state index in [-0.39, 0.29) is 11.8 Å². The van der Waals surface area contributed by atoms with Gasteiger partial charge in [0.2, 0.25) is 5.91 Å². The first-order valence-corrected chi connectivity index (χ1v) is 7.45. The van der Waals surface area contributed by atoms with Gasteiger partial charge in [-0.3, -0.25) is 4.79 Å². The van der Waals surface area contributed by atoms with E-state index in [2.05, 4.69) is 27.2 Å². The number of carbonyl (C=O) groups is 1. The van der Waals surface area contributed by atoms with Crippen LogP contribution >= 0.6 is 0 Å². The number of aryl methyl sites for hydroxylation is 1. The van der Waals surface area contributed by atoms with Crippen molar-refractivity contribution in [2.24, 2.45) is 17.5 Å². The fourth-order valence-corrected chi connectivity index (χ4v) is 2.71. The van der Waals surface area contributed by atoms with Gasteiger partial charge < -0.3 is 16.1 Å². The third-order valence-corrected chi connectivity index (χ3v) is 3.97. The lowest BCUT2D eigenvalue weighted by molar-refractivity contribution is -0.122. The average Bonchev–Trinajstić information content (AvgIpc) is 2.49. The molecule has 0 spiro atoms. The van der Waals surface area contributed by atoms with Crippen LogP contribution in [-0.2, 0) is 11.2 Å². The normalized spacial score (nSPS) is 16.0. The van der Waals surface area contributed by atoms with Crippen LogP contribution in [0, 0.1) is 12.8 Å². The molecule has 1 aromatic heterocycles. The highest BCUT2D eigenvalue weighted by atomic mass is 16.1. The molecule has 7 heteroatoms. The van der Waals surface area contributed by atoms with E-state index in [9.17, 15) is 4.79 Å². The highest BCUT2D eigenvalue weighted by Crippen LogP contribution is 2.27. The summed E-state index contributed by atoms with van der Waals surface area (Å²) in [6, 6.07) is 0. The minimum Gasteiger partial charge on any atom is -0.369 e. The van der Waals surface area contributed by atoms with Crippen LogP contribution in [0.5, 0.6) is 0 Å². The quantitative estimate of drug-likeness (QED) is 0.545. The second-order valence-electron chi connectivity index (χ2n) is 5.50. The SMILES string of the molecule is CCCc1nc(NN)c(C)c(N2CCC(C(N)=O)CC2)n1. The minimum atomic E-state index is -0.204. The number of nitrogens with one attached hydrogen (secondary N) is 1. The van der Waals surface area contributed by atoms with E-state index < -0.39 is 0 Å². The summed E-state index contributed by atoms with van der Waals surface area (Å²) in [5.41, 5.74) is 8.97. The molecule has 0 saturated carbocycles. The fraction of sp³-hybridized carbons (Fsp3) is 0.643. The Kier molecular flexibility index (Phi) is 4.95. The van der Waals surface area contributed by atoms with Gasteiger partial charge in [0, 0.05) is 31.0 Å². The van der Waals surface area contributed by atoms with Gasteiger partial charge in [-0.1, -0.05) is 6.92 Å². The van der Waals surface area contributed by atoms with Crippen LogP contribution in [-0.4, -0.2) is 29.0 Å². The summed E-state index contributed by atoms with van der Waals surface area (Å²) in [6.07, 6.45) is 3.34. The molecule has 0 unspecified atom stereocenters. The lowest BCUT2D eigenvalue weighted by atomic mass is 9.96. The van der Waals surface area contributed by atoms with Crippen molar-refractivity contribution >= 4 is 17.5 Å². The average molecular weight is 292 g/mol. The zero-order valence-electron chi connectivity index (χ0n) is 12.7. The lowest BCUT2D eigenvalue weighted by Crippen LogP contribution is -2.39. The molecule has 0 bridgehead atoms. The van der Waals surface area contributed by atoms with Crippen molar-refractivity contribution in [3.8, 4) is 0 Å². The summed E-state index contributed by atoms with van der Waals surface area (Å²) in [5.74, 6) is 7.70. The van der Waals surface area contributed by atoms with Crippen LogP contribution in [0.2, 0.25) is 0 Å². The number of hydrogen-bond acceptors (Lipinski definition) is 6. The molecular formula is C14H24N6O. The van der Waals surface area contributed by atoms with Crippen molar-refractivity contribution in [2.45, 2.75) is 39.5 Å². The topological polar surface area (TPSA) is 110 Å². The van der Waals surface area contributed by atoms with Crippen LogP contribution in [0.25, 0.3) is 0 Å². The molecule has 116 valence electrons. The maximum absolute atomic E-state index is 11.3. The van der Waals surface area contributed by atoms with Gasteiger partial charge in [-0.25, -0.2) is 15.8 Å². The standard InChI is InChI=1S/C14H24N6O/c1-3-4-11-17-13(19-16)9(2)14(18-11)20-7-5-10(6-8-20)12(15)21/h10H,3-8,16H2,1-2H3,(H2,15,21)(H,17,18,19). The summed E-state index contributed by atoms with van der Waals surface area (Å²) in [5, 5.41) is 0. The monoisotopic (exact) mass is 292 g/mol. The van der Waals surface area contributed by atoms with Gasteiger partial charge in [0.15, 0.2) is 0 Å². The largest absolute Gasteiger partial charge is 0.369 e. The number of nitrogens with zero attached hydrogens (tertiary/aromatic N) is 3. The highest BCUT2D eigenvalue weighted by Gasteiger charge is 2.25. The van der Waals surface area contributed by atoms with Gasteiger partial charge in [0.25, 0.3) is 0 Å². The van der Waals surface area contributed by atoms with Crippen LogP contribution in [0.1, 0.15) is 37.6 Å². The molecule has 1 amide bonds. The first-order valence-electron chi connectivity index (χ1n) is 7.45. The fourth-order valence-electron chi connectivity index (χ4n) is 2.71. The molecule has 0 radical (unpaired) electrons. The predicted molar refractivity (Wildman–Crippen MR) is 82.7 cm³/mol. The first-order chi connectivity index (χ1) is 10.1. The van der Waals surface area contributed by atoms with Crippen molar-refractivity contribution in [1.29, 1.82) is 0 Å². The minimum absolute atomic E-state index is 0.0226. The maximum atomic E-state index is 11.3. The molecule has 7 nitrogen and oxygen atoms in total. The van der Waals surface area contributed by atoms with Gasteiger partial charge >= 0.3 is 0 Å². The zero-order valence-corrected chi connectivity index (χ0v) is 12.7. The molecule has 2 heterocycles. The number of hydrazine groups is 1. The number of nitrogen functional groups attached to an aromatic ring is 1. The zero-order chi connectivity index (χ0) is 15.4. The van der Waals surface area contributed by atoms with Crippen molar-refractivity contribution in [2.75, 3.05) is 23.4 Å². The molecule has 0 atom stereocenters. The van der Waals surface area contributed by atoms with E-state index >= 15 is 0 Å². The molecule has 1 aliphatic rings. The van der Waals surface area contributed by atoms with E-state index in [1.807, 2.05) is 6.92 Å². The van der Waals surface area contributed by atoms with Crippen molar-refractivity contribution in [3.63, 3.8) is 0 Å². The molecule has 1 fully saturated rings. The van der Waals surface area contributed by atoms with Crippen molar-refractivity contribution < 1.29 is 4.79 Å². The Morgan fingerprint density at radius 2 is 2.05 bits per heavy atom. The van der Waals surface area contributed by atoms with Gasteiger partial charge in [-0.15, -0.1) is 0 Å². The molecule has 0 aliphatic carbocycles. The Hall–Kier alpha value is -1.89. The maximum Gasteiger partial charge on any atom is 0.220 e. The third-order valence-electron chi connectivity index (χ3n) is 3.97. The Labute approximate surface area is 125 Å². The molecule has 5 N–H and O–H groups in total. The van der Waals surface area contributed by atoms with E-state index in [0.717, 1.165) is 56.0 Å². The molecule has 1 aromatic rings.